The van der Waals surface area contributed by atoms with E-state index in [1.807, 2.05) is 24.4 Å². The maximum Gasteiger partial charge on any atom is 0.150 e. The highest BCUT2D eigenvalue weighted by atomic mass is 127. The minimum atomic E-state index is -0.277. The molecule has 8 heteroatoms. The Morgan fingerprint density at radius 3 is 2.56 bits per heavy atom. The van der Waals surface area contributed by atoms with Crippen molar-refractivity contribution in [1.29, 1.82) is 0 Å². The summed E-state index contributed by atoms with van der Waals surface area (Å²) in [6.07, 6.45) is 7.92. The number of rotatable bonds is 8. The number of hydrogen-bond acceptors (Lipinski definition) is 5. The van der Waals surface area contributed by atoms with Crippen LogP contribution in [0.25, 0.3) is 17.0 Å². The zero-order chi connectivity index (χ0) is 25.8. The lowest BCUT2D eigenvalue weighted by Gasteiger charge is -2.27. The Morgan fingerprint density at radius 2 is 1.92 bits per heavy atom. The molecular weight excluding hydrogens is 679 g/mol. The van der Waals surface area contributed by atoms with Crippen molar-refractivity contribution >= 4 is 56.7 Å². The summed E-state index contributed by atoms with van der Waals surface area (Å²) in [7, 11) is 0. The van der Waals surface area contributed by atoms with Gasteiger partial charge < -0.3 is 16.8 Å². The highest BCUT2D eigenvalue weighted by Crippen LogP contribution is 2.37. The standard InChI is InChI=1S/C28H32FI2N5/c1-3-17-4-6-18(7-5-17)26-15-34-28(33)27(36-26)19-8-9-23(24(31)12-19)16(2)35-25(14-32)20-10-21(29)13-22(30)11-20/h8-13,15,17-18,25,35H,2-7,14,32H2,1H3,(H2,33,34)/t17?,18?,25-/m1/s1. The molecule has 1 fully saturated rings. The fourth-order valence-corrected chi connectivity index (χ4v) is 6.44. The van der Waals surface area contributed by atoms with Crippen LogP contribution < -0.4 is 16.8 Å². The molecule has 0 amide bonds. The zero-order valence-corrected chi connectivity index (χ0v) is 24.7. The summed E-state index contributed by atoms with van der Waals surface area (Å²) >= 11 is 4.41. The molecule has 0 unspecified atom stereocenters. The summed E-state index contributed by atoms with van der Waals surface area (Å²) in [5.74, 6) is 1.44. The van der Waals surface area contributed by atoms with Crippen molar-refractivity contribution in [3.05, 3.63) is 79.0 Å². The van der Waals surface area contributed by atoms with Crippen LogP contribution in [0.4, 0.5) is 10.2 Å². The minimum Gasteiger partial charge on any atom is -0.382 e. The van der Waals surface area contributed by atoms with Crippen LogP contribution in [0.15, 0.2) is 49.2 Å². The number of nitrogens with zero attached hydrogens (tertiary/aromatic N) is 2. The van der Waals surface area contributed by atoms with E-state index in [1.54, 1.807) is 0 Å². The number of nitrogens with two attached hydrogens (primary N) is 2. The van der Waals surface area contributed by atoms with Gasteiger partial charge in [-0.15, -0.1) is 0 Å². The van der Waals surface area contributed by atoms with Crippen molar-refractivity contribution in [2.45, 2.75) is 51.0 Å². The van der Waals surface area contributed by atoms with Crippen molar-refractivity contribution in [1.82, 2.24) is 15.3 Å². The Bertz CT molecular complexity index is 1220. The molecule has 1 aromatic heterocycles. The van der Waals surface area contributed by atoms with Crippen molar-refractivity contribution < 1.29 is 4.39 Å². The largest absolute Gasteiger partial charge is 0.382 e. The molecule has 190 valence electrons. The predicted octanol–water partition coefficient (Wildman–Crippen LogP) is 7.02. The summed E-state index contributed by atoms with van der Waals surface area (Å²) in [5, 5.41) is 3.38. The van der Waals surface area contributed by atoms with E-state index in [-0.39, 0.29) is 11.9 Å². The maximum absolute atomic E-state index is 13.9. The quantitative estimate of drug-likeness (QED) is 0.219. The van der Waals surface area contributed by atoms with E-state index in [0.29, 0.717) is 18.3 Å². The molecule has 1 heterocycles. The highest BCUT2D eigenvalue weighted by Gasteiger charge is 2.24. The lowest BCUT2D eigenvalue weighted by molar-refractivity contribution is 0.315. The molecule has 0 bridgehead atoms. The van der Waals surface area contributed by atoms with Crippen LogP contribution in [-0.2, 0) is 0 Å². The van der Waals surface area contributed by atoms with E-state index < -0.39 is 0 Å². The number of halogens is 3. The van der Waals surface area contributed by atoms with Gasteiger partial charge in [-0.3, -0.25) is 0 Å². The molecule has 1 saturated carbocycles. The van der Waals surface area contributed by atoms with E-state index in [1.165, 1.54) is 31.4 Å². The molecule has 0 saturated heterocycles. The number of hydrogen-bond donors (Lipinski definition) is 3. The van der Waals surface area contributed by atoms with Crippen molar-refractivity contribution in [3.63, 3.8) is 0 Å². The minimum absolute atomic E-state index is 0.252. The SMILES string of the molecule is C=C(N[C@H](CN)c1cc(F)cc(I)c1)c1ccc(-c2nc(C3CCC(CC)CC3)cnc2N)cc1I. The van der Waals surface area contributed by atoms with Crippen LogP contribution in [0.5, 0.6) is 0 Å². The first kappa shape index (κ1) is 27.3. The summed E-state index contributed by atoms with van der Waals surface area (Å²) in [6, 6.07) is 10.8. The molecule has 1 aliphatic rings. The molecular formula is C28H32FI2N5. The fraction of sp³-hybridized carbons (Fsp3) is 0.357. The summed E-state index contributed by atoms with van der Waals surface area (Å²) < 4.78 is 15.8. The highest BCUT2D eigenvalue weighted by molar-refractivity contribution is 14.1. The molecule has 5 N–H and O–H groups in total. The molecule has 3 aromatic rings. The third kappa shape index (κ3) is 6.36. The molecule has 5 nitrogen and oxygen atoms in total. The van der Waals surface area contributed by atoms with Gasteiger partial charge in [-0.1, -0.05) is 32.1 Å². The Labute approximate surface area is 240 Å². The molecule has 1 aliphatic carbocycles. The topological polar surface area (TPSA) is 89.8 Å². The van der Waals surface area contributed by atoms with Gasteiger partial charge in [-0.25, -0.2) is 14.4 Å². The number of nitrogen functional groups attached to an aromatic ring is 1. The van der Waals surface area contributed by atoms with Gasteiger partial charge in [0.25, 0.3) is 0 Å². The molecule has 36 heavy (non-hydrogen) atoms. The van der Waals surface area contributed by atoms with Gasteiger partial charge in [0.15, 0.2) is 0 Å². The number of nitrogens with one attached hydrogen (secondary N) is 1. The van der Waals surface area contributed by atoms with E-state index >= 15 is 0 Å². The average molecular weight is 711 g/mol. The number of aromatic nitrogens is 2. The van der Waals surface area contributed by atoms with E-state index in [4.69, 9.17) is 16.5 Å². The van der Waals surface area contributed by atoms with Gasteiger partial charge in [0, 0.05) is 36.4 Å². The molecule has 0 spiro atoms. The maximum atomic E-state index is 13.9. The van der Waals surface area contributed by atoms with Crippen molar-refractivity contribution in [2.24, 2.45) is 11.7 Å². The van der Waals surface area contributed by atoms with Crippen LogP contribution in [0.3, 0.4) is 0 Å². The summed E-state index contributed by atoms with van der Waals surface area (Å²) in [5.41, 5.74) is 17.4. The Hall–Kier alpha value is -1.79. The second kappa shape index (κ2) is 12.2. The second-order valence-corrected chi connectivity index (χ2v) is 11.9. The number of benzene rings is 2. The van der Waals surface area contributed by atoms with Crippen LogP contribution in [0.2, 0.25) is 0 Å². The van der Waals surface area contributed by atoms with E-state index in [0.717, 1.165) is 59.7 Å². The van der Waals surface area contributed by atoms with Gasteiger partial charge in [-0.2, -0.15) is 0 Å². The van der Waals surface area contributed by atoms with Gasteiger partial charge in [-0.05, 0) is 107 Å². The molecule has 0 radical (unpaired) electrons. The first-order valence-corrected chi connectivity index (χ1v) is 14.5. The molecule has 1 atom stereocenters. The third-order valence-electron chi connectivity index (χ3n) is 7.10. The average Bonchev–Trinajstić information content (AvgIpc) is 2.86. The van der Waals surface area contributed by atoms with Gasteiger partial charge in [0.2, 0.25) is 0 Å². The van der Waals surface area contributed by atoms with Crippen molar-refractivity contribution in [3.8, 4) is 11.3 Å². The van der Waals surface area contributed by atoms with Crippen LogP contribution >= 0.6 is 45.2 Å². The molecule has 0 aliphatic heterocycles. The first-order chi connectivity index (χ1) is 17.3. The first-order valence-electron chi connectivity index (χ1n) is 12.3. The Balaban J connectivity index is 1.54. The zero-order valence-electron chi connectivity index (χ0n) is 20.4. The lowest BCUT2D eigenvalue weighted by atomic mass is 9.79. The monoisotopic (exact) mass is 711 g/mol. The fourth-order valence-electron chi connectivity index (χ4n) is 4.94. The van der Waals surface area contributed by atoms with E-state index in [9.17, 15) is 4.39 Å². The normalized spacial score (nSPS) is 18.6. The number of anilines is 1. The van der Waals surface area contributed by atoms with Crippen LogP contribution in [-0.4, -0.2) is 16.5 Å². The predicted molar refractivity (Wildman–Crippen MR) is 163 cm³/mol. The molecule has 2 aromatic carbocycles. The second-order valence-electron chi connectivity index (χ2n) is 9.46. The Morgan fingerprint density at radius 1 is 1.17 bits per heavy atom. The van der Waals surface area contributed by atoms with Gasteiger partial charge in [0.1, 0.15) is 17.3 Å². The summed E-state index contributed by atoms with van der Waals surface area (Å²) in [4.78, 5) is 9.46. The third-order valence-corrected chi connectivity index (χ3v) is 8.62. The van der Waals surface area contributed by atoms with Gasteiger partial charge in [0.05, 0.1) is 17.9 Å². The Kier molecular flexibility index (Phi) is 9.21. The van der Waals surface area contributed by atoms with Crippen molar-refractivity contribution in [2.75, 3.05) is 12.3 Å². The van der Waals surface area contributed by atoms with Gasteiger partial charge >= 0.3 is 0 Å². The van der Waals surface area contributed by atoms with Crippen LogP contribution in [0, 0.1) is 18.9 Å². The smallest absolute Gasteiger partial charge is 0.150 e. The molecule has 4 rings (SSSR count). The van der Waals surface area contributed by atoms with Crippen LogP contribution in [0.1, 0.15) is 67.8 Å². The van der Waals surface area contributed by atoms with E-state index in [2.05, 4.69) is 75.1 Å². The lowest BCUT2D eigenvalue weighted by Crippen LogP contribution is -2.27. The summed E-state index contributed by atoms with van der Waals surface area (Å²) in [6.45, 7) is 6.82.